The Morgan fingerprint density at radius 1 is 1.48 bits per heavy atom. The average Bonchev–Trinajstić information content (AvgIpc) is 3.25. The molecular formula is C17H26IN5O2S2. The quantitative estimate of drug-likeness (QED) is 0.365. The van der Waals surface area contributed by atoms with Gasteiger partial charge in [-0.2, -0.15) is 5.26 Å². The van der Waals surface area contributed by atoms with E-state index >= 15 is 0 Å². The number of nitrogens with one attached hydrogen (secondary N) is 1. The van der Waals surface area contributed by atoms with E-state index in [1.807, 2.05) is 18.5 Å². The van der Waals surface area contributed by atoms with E-state index in [9.17, 15) is 13.7 Å². The summed E-state index contributed by atoms with van der Waals surface area (Å²) in [5.41, 5.74) is 0. The molecule has 1 N–H and O–H groups in total. The second-order valence-electron chi connectivity index (χ2n) is 6.94. The van der Waals surface area contributed by atoms with Gasteiger partial charge in [-0.1, -0.05) is 6.07 Å². The summed E-state index contributed by atoms with van der Waals surface area (Å²) in [6.45, 7) is 3.40. The van der Waals surface area contributed by atoms with Crippen LogP contribution in [0.25, 0.3) is 0 Å². The van der Waals surface area contributed by atoms with Crippen LogP contribution in [0.15, 0.2) is 22.5 Å². The molecule has 2 unspecified atom stereocenters. The second kappa shape index (κ2) is 10.0. The van der Waals surface area contributed by atoms with E-state index in [0.717, 1.165) is 19.0 Å². The zero-order chi connectivity index (χ0) is 18.6. The number of thiophene rings is 1. The Kier molecular flexibility index (Phi) is 8.33. The Morgan fingerprint density at radius 2 is 2.30 bits per heavy atom. The van der Waals surface area contributed by atoms with E-state index in [4.69, 9.17) is 4.99 Å². The van der Waals surface area contributed by atoms with Crippen molar-refractivity contribution in [3.05, 3.63) is 22.4 Å². The first-order valence-electron chi connectivity index (χ1n) is 8.83. The van der Waals surface area contributed by atoms with Crippen molar-refractivity contribution >= 4 is 51.1 Å². The smallest absolute Gasteiger partial charge is 0.194 e. The minimum Gasteiger partial charge on any atom is -0.356 e. The fraction of sp³-hybridized carbons (Fsp3) is 0.647. The molecule has 0 bridgehead atoms. The number of nitrogens with zero attached hydrogens (tertiary/aromatic N) is 4. The van der Waals surface area contributed by atoms with Crippen LogP contribution in [-0.4, -0.2) is 75.0 Å². The Morgan fingerprint density at radius 3 is 2.93 bits per heavy atom. The SMILES string of the molecule is CN1CCN(C(=NCc2cccs2)NCC2CCS(=O)(=O)C2)CC1C#N.I. The fourth-order valence-electron chi connectivity index (χ4n) is 3.30. The first-order valence-corrected chi connectivity index (χ1v) is 11.5. The number of sulfone groups is 1. The minimum atomic E-state index is -2.88. The molecule has 3 heterocycles. The third-order valence-corrected chi connectivity index (χ3v) is 7.64. The molecule has 150 valence electrons. The summed E-state index contributed by atoms with van der Waals surface area (Å²) in [5, 5.41) is 14.8. The first-order chi connectivity index (χ1) is 12.5. The molecule has 2 saturated heterocycles. The average molecular weight is 523 g/mol. The maximum atomic E-state index is 11.7. The van der Waals surface area contributed by atoms with E-state index in [1.54, 1.807) is 11.3 Å². The molecule has 0 spiro atoms. The summed E-state index contributed by atoms with van der Waals surface area (Å²) in [6, 6.07) is 6.24. The van der Waals surface area contributed by atoms with Gasteiger partial charge in [-0.3, -0.25) is 4.90 Å². The number of hydrogen-bond donors (Lipinski definition) is 1. The molecule has 2 aliphatic heterocycles. The van der Waals surface area contributed by atoms with Gasteiger partial charge in [-0.25, -0.2) is 13.4 Å². The summed E-state index contributed by atoms with van der Waals surface area (Å²) in [5.74, 6) is 1.44. The molecule has 0 aromatic carbocycles. The zero-order valence-corrected chi connectivity index (χ0v) is 19.3. The molecule has 2 fully saturated rings. The molecule has 10 heteroatoms. The van der Waals surface area contributed by atoms with Crippen LogP contribution in [0, 0.1) is 17.2 Å². The number of rotatable bonds is 4. The topological polar surface area (TPSA) is 88.8 Å². The molecule has 7 nitrogen and oxygen atoms in total. The molecule has 2 aliphatic rings. The van der Waals surface area contributed by atoms with Crippen LogP contribution < -0.4 is 5.32 Å². The maximum Gasteiger partial charge on any atom is 0.194 e. The zero-order valence-electron chi connectivity index (χ0n) is 15.4. The van der Waals surface area contributed by atoms with Crippen LogP contribution in [0.5, 0.6) is 0 Å². The lowest BCUT2D eigenvalue weighted by molar-refractivity contribution is 0.171. The lowest BCUT2D eigenvalue weighted by Crippen LogP contribution is -2.56. The molecule has 1 aromatic heterocycles. The van der Waals surface area contributed by atoms with Crippen molar-refractivity contribution < 1.29 is 8.42 Å². The summed E-state index contributed by atoms with van der Waals surface area (Å²) in [4.78, 5) is 10.1. The van der Waals surface area contributed by atoms with Gasteiger partial charge in [0, 0.05) is 31.1 Å². The summed E-state index contributed by atoms with van der Waals surface area (Å²) in [7, 11) is -0.915. The highest BCUT2D eigenvalue weighted by Gasteiger charge is 2.30. The highest BCUT2D eigenvalue weighted by atomic mass is 127. The molecule has 0 amide bonds. The highest BCUT2D eigenvalue weighted by Crippen LogP contribution is 2.18. The van der Waals surface area contributed by atoms with Gasteiger partial charge < -0.3 is 10.2 Å². The lowest BCUT2D eigenvalue weighted by atomic mass is 10.1. The van der Waals surface area contributed by atoms with E-state index in [2.05, 4.69) is 27.3 Å². The number of aliphatic imine (C=N–C) groups is 1. The van der Waals surface area contributed by atoms with Crippen LogP contribution in [0.4, 0.5) is 0 Å². The molecule has 0 saturated carbocycles. The van der Waals surface area contributed by atoms with Crippen molar-refractivity contribution in [2.75, 3.05) is 44.7 Å². The highest BCUT2D eigenvalue weighted by molar-refractivity contribution is 14.0. The van der Waals surface area contributed by atoms with Crippen molar-refractivity contribution in [2.45, 2.75) is 19.0 Å². The van der Waals surface area contributed by atoms with Gasteiger partial charge in [-0.15, -0.1) is 35.3 Å². The number of likely N-dealkylation sites (N-methyl/N-ethyl adjacent to an activating group) is 1. The van der Waals surface area contributed by atoms with Gasteiger partial charge in [0.05, 0.1) is 24.1 Å². The maximum absolute atomic E-state index is 11.7. The molecule has 27 heavy (non-hydrogen) atoms. The van der Waals surface area contributed by atoms with Gasteiger partial charge in [0.25, 0.3) is 0 Å². The van der Waals surface area contributed by atoms with Gasteiger partial charge in [0.2, 0.25) is 0 Å². The van der Waals surface area contributed by atoms with Crippen LogP contribution in [0.2, 0.25) is 0 Å². The molecule has 1 aromatic rings. The molecular weight excluding hydrogens is 497 g/mol. The second-order valence-corrected chi connectivity index (χ2v) is 10.2. The predicted molar refractivity (Wildman–Crippen MR) is 119 cm³/mol. The molecule has 3 rings (SSSR count). The first kappa shape index (κ1) is 22.4. The standard InChI is InChI=1S/C17H25N5O2S2.HI/c1-21-5-6-22(12-15(21)9-18)17(20-11-16-3-2-7-25-16)19-10-14-4-8-26(23,24)13-14;/h2-3,7,14-15H,4-6,8,10-13H2,1H3,(H,19,20);1H. The minimum absolute atomic E-state index is 0. The van der Waals surface area contributed by atoms with Crippen molar-refractivity contribution in [1.82, 2.24) is 15.1 Å². The van der Waals surface area contributed by atoms with Gasteiger partial charge in [0.1, 0.15) is 6.04 Å². The molecule has 0 radical (unpaired) electrons. The third-order valence-electron chi connectivity index (χ3n) is 4.94. The molecule has 2 atom stereocenters. The normalized spacial score (nSPS) is 25.6. The Bertz CT molecular complexity index is 776. The number of guanidine groups is 1. The number of hydrogen-bond acceptors (Lipinski definition) is 6. The summed E-state index contributed by atoms with van der Waals surface area (Å²) >= 11 is 1.67. The Labute approximate surface area is 182 Å². The largest absolute Gasteiger partial charge is 0.356 e. The van der Waals surface area contributed by atoms with Crippen molar-refractivity contribution in [3.8, 4) is 6.07 Å². The number of halogens is 1. The van der Waals surface area contributed by atoms with Crippen molar-refractivity contribution in [1.29, 1.82) is 5.26 Å². The van der Waals surface area contributed by atoms with Gasteiger partial charge >= 0.3 is 0 Å². The van der Waals surface area contributed by atoms with Crippen LogP contribution in [0.3, 0.4) is 0 Å². The van der Waals surface area contributed by atoms with Crippen LogP contribution in [-0.2, 0) is 16.4 Å². The summed E-state index contributed by atoms with van der Waals surface area (Å²) in [6.07, 6.45) is 0.705. The Balaban J connectivity index is 0.00000261. The van der Waals surface area contributed by atoms with Crippen molar-refractivity contribution in [3.63, 3.8) is 0 Å². The van der Waals surface area contributed by atoms with E-state index in [0.29, 0.717) is 26.1 Å². The van der Waals surface area contributed by atoms with Crippen LogP contribution in [0.1, 0.15) is 11.3 Å². The number of nitriles is 1. The fourth-order valence-corrected chi connectivity index (χ4v) is 5.79. The van der Waals surface area contributed by atoms with E-state index < -0.39 is 9.84 Å². The lowest BCUT2D eigenvalue weighted by Gasteiger charge is -2.38. The molecule has 0 aliphatic carbocycles. The number of piperazine rings is 1. The van der Waals surface area contributed by atoms with Crippen LogP contribution >= 0.6 is 35.3 Å². The predicted octanol–water partition coefficient (Wildman–Crippen LogP) is 1.39. The van der Waals surface area contributed by atoms with E-state index in [-0.39, 0.29) is 47.4 Å². The van der Waals surface area contributed by atoms with E-state index in [1.165, 1.54) is 4.88 Å². The Hall–Kier alpha value is -0.900. The van der Waals surface area contributed by atoms with Gasteiger partial charge in [-0.05, 0) is 30.8 Å². The van der Waals surface area contributed by atoms with Crippen molar-refractivity contribution in [2.24, 2.45) is 10.9 Å². The van der Waals surface area contributed by atoms with Gasteiger partial charge in [0.15, 0.2) is 15.8 Å². The summed E-state index contributed by atoms with van der Waals surface area (Å²) < 4.78 is 23.4. The third kappa shape index (κ3) is 6.30. The monoisotopic (exact) mass is 523 g/mol.